The van der Waals surface area contributed by atoms with Crippen LogP contribution in [0.15, 0.2) is 65.7 Å². The third-order valence-electron chi connectivity index (χ3n) is 6.09. The molecule has 1 saturated heterocycles. The van der Waals surface area contributed by atoms with Gasteiger partial charge < -0.3 is 13.9 Å². The molecule has 0 aliphatic carbocycles. The van der Waals surface area contributed by atoms with Crippen molar-refractivity contribution in [1.29, 1.82) is 0 Å². The number of pyridine rings is 1. The number of hydrogen-bond donors (Lipinski definition) is 0. The Labute approximate surface area is 176 Å². The van der Waals surface area contributed by atoms with Crippen molar-refractivity contribution in [2.75, 3.05) is 37.6 Å². The third-order valence-corrected chi connectivity index (χ3v) is 6.09. The molecule has 30 heavy (non-hydrogen) atoms. The van der Waals surface area contributed by atoms with Gasteiger partial charge in [-0.25, -0.2) is 4.98 Å². The lowest BCUT2D eigenvalue weighted by atomic mass is 10.2. The Morgan fingerprint density at radius 3 is 2.40 bits per heavy atom. The maximum absolute atomic E-state index is 13.0. The summed E-state index contributed by atoms with van der Waals surface area (Å²) in [5.74, 6) is 1.07. The van der Waals surface area contributed by atoms with E-state index in [9.17, 15) is 4.79 Å². The SMILES string of the molecule is Cc1ccc(N2CCN(CCCn3c(=O)c4cccn4c4ccccc43)CC2)nc1. The second-order valence-corrected chi connectivity index (χ2v) is 8.08. The summed E-state index contributed by atoms with van der Waals surface area (Å²) in [7, 11) is 0. The van der Waals surface area contributed by atoms with Gasteiger partial charge in [0.15, 0.2) is 0 Å². The first-order valence-corrected chi connectivity index (χ1v) is 10.7. The minimum absolute atomic E-state index is 0.0916. The van der Waals surface area contributed by atoms with Crippen molar-refractivity contribution in [3.8, 4) is 0 Å². The van der Waals surface area contributed by atoms with E-state index < -0.39 is 0 Å². The molecule has 0 radical (unpaired) electrons. The van der Waals surface area contributed by atoms with Crippen LogP contribution in [0, 0.1) is 6.92 Å². The van der Waals surface area contributed by atoms with Crippen molar-refractivity contribution in [2.45, 2.75) is 19.9 Å². The summed E-state index contributed by atoms with van der Waals surface area (Å²) in [6, 6.07) is 16.2. The van der Waals surface area contributed by atoms with Crippen molar-refractivity contribution >= 4 is 22.4 Å². The highest BCUT2D eigenvalue weighted by molar-refractivity contribution is 5.79. The van der Waals surface area contributed by atoms with E-state index in [1.54, 1.807) is 0 Å². The topological polar surface area (TPSA) is 45.8 Å². The first-order chi connectivity index (χ1) is 14.7. The Hall–Kier alpha value is -3.12. The molecule has 0 saturated carbocycles. The predicted molar refractivity (Wildman–Crippen MR) is 121 cm³/mol. The largest absolute Gasteiger partial charge is 0.354 e. The highest BCUT2D eigenvalue weighted by atomic mass is 16.1. The maximum atomic E-state index is 13.0. The molecule has 0 atom stereocenters. The average molecular weight is 402 g/mol. The third kappa shape index (κ3) is 3.48. The van der Waals surface area contributed by atoms with Crippen molar-refractivity contribution in [2.24, 2.45) is 0 Å². The molecule has 1 aliphatic rings. The van der Waals surface area contributed by atoms with Gasteiger partial charge in [0.25, 0.3) is 5.56 Å². The summed E-state index contributed by atoms with van der Waals surface area (Å²) >= 11 is 0. The fourth-order valence-corrected chi connectivity index (χ4v) is 4.43. The molecule has 0 spiro atoms. The van der Waals surface area contributed by atoms with Crippen LogP contribution in [0.4, 0.5) is 5.82 Å². The molecule has 0 N–H and O–H groups in total. The standard InChI is InChI=1S/C24H27N5O/c1-19-9-10-23(25-18-19)27-16-14-26(15-17-27)11-5-13-29-21-7-3-2-6-20(21)28-12-4-8-22(28)24(29)30/h2-4,6-10,12,18H,5,11,13-17H2,1H3. The van der Waals surface area contributed by atoms with E-state index in [1.165, 1.54) is 5.56 Å². The first kappa shape index (κ1) is 18.9. The molecule has 4 aromatic rings. The van der Waals surface area contributed by atoms with Gasteiger partial charge in [0.2, 0.25) is 0 Å². The van der Waals surface area contributed by atoms with Crippen LogP contribution >= 0.6 is 0 Å². The quantitative estimate of drug-likeness (QED) is 0.515. The normalized spacial score (nSPS) is 15.3. The maximum Gasteiger partial charge on any atom is 0.275 e. The Morgan fingerprint density at radius 1 is 0.867 bits per heavy atom. The minimum atomic E-state index is 0.0916. The molecule has 6 nitrogen and oxygen atoms in total. The van der Waals surface area contributed by atoms with Crippen molar-refractivity contribution < 1.29 is 0 Å². The van der Waals surface area contributed by atoms with Crippen molar-refractivity contribution in [3.63, 3.8) is 0 Å². The van der Waals surface area contributed by atoms with Crippen molar-refractivity contribution in [3.05, 3.63) is 76.8 Å². The summed E-state index contributed by atoms with van der Waals surface area (Å²) in [4.78, 5) is 22.4. The number of hydrogen-bond acceptors (Lipinski definition) is 4. The monoisotopic (exact) mass is 401 g/mol. The molecular weight excluding hydrogens is 374 g/mol. The molecule has 0 amide bonds. The second kappa shape index (κ2) is 7.95. The Balaban J connectivity index is 1.24. The van der Waals surface area contributed by atoms with Gasteiger partial charge in [-0.1, -0.05) is 18.2 Å². The number of nitrogens with zero attached hydrogens (tertiary/aromatic N) is 5. The fourth-order valence-electron chi connectivity index (χ4n) is 4.43. The molecule has 4 heterocycles. The van der Waals surface area contributed by atoms with Crippen LogP contribution < -0.4 is 10.5 Å². The van der Waals surface area contributed by atoms with Crippen LogP contribution in [-0.4, -0.2) is 51.6 Å². The van der Waals surface area contributed by atoms with E-state index in [-0.39, 0.29) is 5.56 Å². The highest BCUT2D eigenvalue weighted by Gasteiger charge is 2.18. The molecule has 3 aromatic heterocycles. The van der Waals surface area contributed by atoms with Gasteiger partial charge in [-0.15, -0.1) is 0 Å². The van der Waals surface area contributed by atoms with Crippen LogP contribution in [-0.2, 0) is 6.54 Å². The number of fused-ring (bicyclic) bond motifs is 3. The minimum Gasteiger partial charge on any atom is -0.354 e. The Bertz CT molecular complexity index is 1220. The number of anilines is 1. The number of aryl methyl sites for hydroxylation is 2. The zero-order chi connectivity index (χ0) is 20.5. The van der Waals surface area contributed by atoms with Gasteiger partial charge >= 0.3 is 0 Å². The van der Waals surface area contributed by atoms with Gasteiger partial charge in [0.05, 0.1) is 11.0 Å². The molecule has 5 rings (SSSR count). The summed E-state index contributed by atoms with van der Waals surface area (Å²) in [6.07, 6.45) is 4.86. The lowest BCUT2D eigenvalue weighted by Crippen LogP contribution is -2.47. The highest BCUT2D eigenvalue weighted by Crippen LogP contribution is 2.16. The smallest absolute Gasteiger partial charge is 0.275 e. The van der Waals surface area contributed by atoms with Crippen LogP contribution in [0.5, 0.6) is 0 Å². The Kier molecular flexibility index (Phi) is 5.01. The molecular formula is C24H27N5O. The predicted octanol–water partition coefficient (Wildman–Crippen LogP) is 3.17. The number of aromatic nitrogens is 3. The molecule has 154 valence electrons. The fraction of sp³-hybridized carbons (Fsp3) is 0.333. The number of piperazine rings is 1. The number of benzene rings is 1. The van der Waals surface area contributed by atoms with E-state index in [4.69, 9.17) is 0 Å². The van der Waals surface area contributed by atoms with Crippen molar-refractivity contribution in [1.82, 2.24) is 18.9 Å². The molecule has 1 aromatic carbocycles. The van der Waals surface area contributed by atoms with E-state index in [0.29, 0.717) is 0 Å². The summed E-state index contributed by atoms with van der Waals surface area (Å²) in [5, 5.41) is 0. The van der Waals surface area contributed by atoms with E-state index in [1.807, 2.05) is 51.7 Å². The molecule has 0 bridgehead atoms. The van der Waals surface area contributed by atoms with Crippen LogP contribution in [0.2, 0.25) is 0 Å². The number of rotatable bonds is 5. The number of para-hydroxylation sites is 2. The van der Waals surface area contributed by atoms with Gasteiger partial charge in [0.1, 0.15) is 11.3 Å². The lowest BCUT2D eigenvalue weighted by molar-refractivity contribution is 0.250. The Morgan fingerprint density at radius 2 is 1.63 bits per heavy atom. The second-order valence-electron chi connectivity index (χ2n) is 8.08. The summed E-state index contributed by atoms with van der Waals surface area (Å²) in [6.45, 7) is 7.86. The summed E-state index contributed by atoms with van der Waals surface area (Å²) < 4.78 is 3.93. The summed E-state index contributed by atoms with van der Waals surface area (Å²) in [5.41, 5.74) is 4.11. The van der Waals surface area contributed by atoms with Gasteiger partial charge in [-0.05, 0) is 55.8 Å². The first-order valence-electron chi connectivity index (χ1n) is 10.7. The van der Waals surface area contributed by atoms with Gasteiger partial charge in [-0.2, -0.15) is 0 Å². The molecule has 6 heteroatoms. The van der Waals surface area contributed by atoms with Gasteiger partial charge in [-0.3, -0.25) is 9.69 Å². The van der Waals surface area contributed by atoms with E-state index in [0.717, 1.165) is 68.1 Å². The molecule has 1 fully saturated rings. The van der Waals surface area contributed by atoms with E-state index >= 15 is 0 Å². The molecule has 1 aliphatic heterocycles. The van der Waals surface area contributed by atoms with Crippen LogP contribution in [0.3, 0.4) is 0 Å². The zero-order valence-corrected chi connectivity index (χ0v) is 17.4. The molecule has 0 unspecified atom stereocenters. The lowest BCUT2D eigenvalue weighted by Gasteiger charge is -2.35. The zero-order valence-electron chi connectivity index (χ0n) is 17.4. The van der Waals surface area contributed by atoms with Crippen LogP contribution in [0.1, 0.15) is 12.0 Å². The average Bonchev–Trinajstić information content (AvgIpc) is 3.28. The van der Waals surface area contributed by atoms with Gasteiger partial charge in [0, 0.05) is 45.1 Å². The van der Waals surface area contributed by atoms with Crippen LogP contribution in [0.25, 0.3) is 16.6 Å². The van der Waals surface area contributed by atoms with E-state index in [2.05, 4.69) is 39.9 Å².